The van der Waals surface area contributed by atoms with Crippen molar-refractivity contribution in [3.8, 4) is 22.4 Å². The van der Waals surface area contributed by atoms with Gasteiger partial charge < -0.3 is 14.8 Å². The maximum absolute atomic E-state index is 5.16. The number of H-pyrrole nitrogens is 1. The Kier molecular flexibility index (Phi) is 3.38. The van der Waals surface area contributed by atoms with Gasteiger partial charge in [0.05, 0.1) is 24.1 Å². The Bertz CT molecular complexity index is 1010. The molecule has 1 fully saturated rings. The first-order valence-corrected chi connectivity index (χ1v) is 8.60. The second-order valence-corrected chi connectivity index (χ2v) is 6.49. The van der Waals surface area contributed by atoms with Gasteiger partial charge in [-0.2, -0.15) is 0 Å². The van der Waals surface area contributed by atoms with Gasteiger partial charge in [0.1, 0.15) is 5.82 Å². The van der Waals surface area contributed by atoms with Crippen molar-refractivity contribution in [3.05, 3.63) is 60.7 Å². The second-order valence-electron chi connectivity index (χ2n) is 6.49. The molecule has 0 radical (unpaired) electrons. The van der Waals surface area contributed by atoms with Crippen molar-refractivity contribution in [3.63, 3.8) is 0 Å². The second kappa shape index (κ2) is 5.86. The van der Waals surface area contributed by atoms with E-state index in [2.05, 4.69) is 56.8 Å². The minimum Gasteiger partial charge on any atom is -0.356 e. The first kappa shape index (κ1) is 14.4. The molecule has 0 amide bonds. The molecule has 2 N–H and O–H groups in total. The zero-order valence-electron chi connectivity index (χ0n) is 13.7. The molecule has 4 aromatic rings. The first-order valence-electron chi connectivity index (χ1n) is 8.60. The van der Waals surface area contributed by atoms with Crippen molar-refractivity contribution in [1.29, 1.82) is 0 Å². The van der Waals surface area contributed by atoms with Gasteiger partial charge >= 0.3 is 0 Å². The Morgan fingerprint density at radius 3 is 2.64 bits per heavy atom. The molecular weight excluding hydrogens is 312 g/mol. The van der Waals surface area contributed by atoms with E-state index in [1.807, 2.05) is 12.3 Å². The molecule has 0 aliphatic carbocycles. The number of rotatable bonds is 3. The van der Waals surface area contributed by atoms with Crippen LogP contribution in [0.1, 0.15) is 24.7 Å². The number of nitrogens with one attached hydrogen (secondary N) is 2. The van der Waals surface area contributed by atoms with E-state index in [4.69, 9.17) is 4.52 Å². The minimum atomic E-state index is 0.364. The molecule has 3 heterocycles. The summed E-state index contributed by atoms with van der Waals surface area (Å²) in [6, 6.07) is 15.0. The lowest BCUT2D eigenvalue weighted by molar-refractivity contribution is 0.456. The van der Waals surface area contributed by atoms with Crippen LogP contribution in [0, 0.1) is 0 Å². The molecule has 0 saturated carbocycles. The van der Waals surface area contributed by atoms with E-state index in [-0.39, 0.29) is 0 Å². The topological polar surface area (TPSA) is 66.7 Å². The van der Waals surface area contributed by atoms with Gasteiger partial charge in [0, 0.05) is 5.39 Å². The molecule has 2 aromatic heterocycles. The highest BCUT2D eigenvalue weighted by atomic mass is 16.5. The third-order valence-corrected chi connectivity index (χ3v) is 4.87. The lowest BCUT2D eigenvalue weighted by Gasteiger charge is -2.06. The number of fused-ring (bicyclic) bond motifs is 1. The molecule has 1 aliphatic heterocycles. The Hall–Kier alpha value is -2.92. The standard InChI is InChI=1S/C20H18N4O/c1-2-17(21-9-1)20-22-12-18(24-20)14-5-3-13(4-6-14)15-7-8-19-16(10-15)11-23-25-19/h3-8,10-12,17,21H,1-2,9H2,(H,22,24)/t17-/m0/s1. The summed E-state index contributed by atoms with van der Waals surface area (Å²) < 4.78 is 5.16. The van der Waals surface area contributed by atoms with E-state index >= 15 is 0 Å². The Balaban J connectivity index is 1.42. The van der Waals surface area contributed by atoms with E-state index in [1.54, 1.807) is 6.20 Å². The van der Waals surface area contributed by atoms with Crippen LogP contribution < -0.4 is 5.32 Å². The molecule has 25 heavy (non-hydrogen) atoms. The first-order chi connectivity index (χ1) is 12.4. The number of hydrogen-bond donors (Lipinski definition) is 2. The zero-order chi connectivity index (χ0) is 16.6. The molecule has 0 spiro atoms. The van der Waals surface area contributed by atoms with Crippen LogP contribution in [0.5, 0.6) is 0 Å². The van der Waals surface area contributed by atoms with Crippen molar-refractivity contribution in [2.75, 3.05) is 6.54 Å². The average molecular weight is 330 g/mol. The molecular formula is C20H18N4O. The summed E-state index contributed by atoms with van der Waals surface area (Å²) in [6.45, 7) is 1.08. The fourth-order valence-corrected chi connectivity index (χ4v) is 3.47. The fourth-order valence-electron chi connectivity index (χ4n) is 3.47. The average Bonchev–Trinajstić information content (AvgIpc) is 3.41. The van der Waals surface area contributed by atoms with Gasteiger partial charge in [-0.15, -0.1) is 0 Å². The lowest BCUT2D eigenvalue weighted by Crippen LogP contribution is -2.14. The lowest BCUT2D eigenvalue weighted by atomic mass is 10.0. The highest BCUT2D eigenvalue weighted by molar-refractivity contribution is 5.83. The number of aromatic amines is 1. The van der Waals surface area contributed by atoms with E-state index < -0.39 is 0 Å². The van der Waals surface area contributed by atoms with Crippen LogP contribution in [0.3, 0.4) is 0 Å². The van der Waals surface area contributed by atoms with Gasteiger partial charge in [-0.25, -0.2) is 4.98 Å². The maximum atomic E-state index is 5.16. The van der Waals surface area contributed by atoms with Crippen molar-refractivity contribution in [2.45, 2.75) is 18.9 Å². The highest BCUT2D eigenvalue weighted by Crippen LogP contribution is 2.28. The van der Waals surface area contributed by atoms with Gasteiger partial charge in [0.25, 0.3) is 0 Å². The van der Waals surface area contributed by atoms with Crippen LogP contribution in [0.4, 0.5) is 0 Å². The van der Waals surface area contributed by atoms with Gasteiger partial charge in [0.15, 0.2) is 5.58 Å². The third-order valence-electron chi connectivity index (χ3n) is 4.87. The number of imidazole rings is 1. The van der Waals surface area contributed by atoms with Gasteiger partial charge in [-0.05, 0) is 48.2 Å². The van der Waals surface area contributed by atoms with Crippen LogP contribution in [0.25, 0.3) is 33.4 Å². The third kappa shape index (κ3) is 2.62. The number of aromatic nitrogens is 3. The summed E-state index contributed by atoms with van der Waals surface area (Å²) in [5.41, 5.74) is 5.34. The molecule has 5 rings (SSSR count). The normalized spacial score (nSPS) is 17.4. The number of hydrogen-bond acceptors (Lipinski definition) is 4. The molecule has 1 saturated heterocycles. The van der Waals surface area contributed by atoms with E-state index in [0.29, 0.717) is 6.04 Å². The van der Waals surface area contributed by atoms with Crippen LogP contribution in [-0.2, 0) is 0 Å². The SMILES string of the molecule is c1cc(-c2cnc([C@@H]3CCCN3)[nH]2)ccc1-c1ccc2oncc2c1. The summed E-state index contributed by atoms with van der Waals surface area (Å²) in [7, 11) is 0. The van der Waals surface area contributed by atoms with Crippen LogP contribution >= 0.6 is 0 Å². The molecule has 1 atom stereocenters. The van der Waals surface area contributed by atoms with Crippen LogP contribution in [0.2, 0.25) is 0 Å². The van der Waals surface area contributed by atoms with Crippen molar-refractivity contribution < 1.29 is 4.52 Å². The Labute approximate surface area is 145 Å². The molecule has 2 aromatic carbocycles. The molecule has 5 heteroatoms. The summed E-state index contributed by atoms with van der Waals surface area (Å²) in [5.74, 6) is 1.04. The molecule has 1 aliphatic rings. The smallest absolute Gasteiger partial charge is 0.166 e. The summed E-state index contributed by atoms with van der Waals surface area (Å²) >= 11 is 0. The Morgan fingerprint density at radius 2 is 1.80 bits per heavy atom. The predicted octanol–water partition coefficient (Wildman–Crippen LogP) is 4.31. The Morgan fingerprint density at radius 1 is 0.960 bits per heavy atom. The van der Waals surface area contributed by atoms with E-state index in [9.17, 15) is 0 Å². The van der Waals surface area contributed by atoms with E-state index in [1.165, 1.54) is 12.0 Å². The van der Waals surface area contributed by atoms with E-state index in [0.717, 1.165) is 46.6 Å². The largest absolute Gasteiger partial charge is 0.356 e. The van der Waals surface area contributed by atoms with Gasteiger partial charge in [-0.1, -0.05) is 35.5 Å². The van der Waals surface area contributed by atoms with Crippen LogP contribution in [0.15, 0.2) is 59.4 Å². The molecule has 0 unspecified atom stereocenters. The quantitative estimate of drug-likeness (QED) is 0.587. The number of benzene rings is 2. The summed E-state index contributed by atoms with van der Waals surface area (Å²) in [6.07, 6.45) is 6.03. The summed E-state index contributed by atoms with van der Waals surface area (Å²) in [5, 5.41) is 8.33. The molecule has 124 valence electrons. The minimum absolute atomic E-state index is 0.364. The summed E-state index contributed by atoms with van der Waals surface area (Å²) in [4.78, 5) is 8.01. The maximum Gasteiger partial charge on any atom is 0.166 e. The molecule has 5 nitrogen and oxygen atoms in total. The molecule has 0 bridgehead atoms. The zero-order valence-corrected chi connectivity index (χ0v) is 13.7. The fraction of sp³-hybridized carbons (Fsp3) is 0.200. The highest BCUT2D eigenvalue weighted by Gasteiger charge is 2.19. The van der Waals surface area contributed by atoms with Gasteiger partial charge in [0.2, 0.25) is 0 Å². The van der Waals surface area contributed by atoms with Gasteiger partial charge in [-0.3, -0.25) is 0 Å². The van der Waals surface area contributed by atoms with Crippen molar-refractivity contribution >= 4 is 11.0 Å². The van der Waals surface area contributed by atoms with Crippen molar-refractivity contribution in [1.82, 2.24) is 20.4 Å². The van der Waals surface area contributed by atoms with Crippen LogP contribution in [-0.4, -0.2) is 21.7 Å². The van der Waals surface area contributed by atoms with Crippen molar-refractivity contribution in [2.24, 2.45) is 0 Å². The number of nitrogens with zero attached hydrogens (tertiary/aromatic N) is 2. The predicted molar refractivity (Wildman–Crippen MR) is 97.0 cm³/mol. The monoisotopic (exact) mass is 330 g/mol.